The Morgan fingerprint density at radius 2 is 2.14 bits per heavy atom. The molecule has 3 aliphatic rings. The molecule has 1 fully saturated rings. The Morgan fingerprint density at radius 1 is 1.21 bits per heavy atom. The fourth-order valence-corrected chi connectivity index (χ4v) is 4.22. The minimum Gasteiger partial charge on any atom is -0.370 e. The van der Waals surface area contributed by atoms with E-state index in [0.29, 0.717) is 17.3 Å². The monoisotopic (exact) mass is 375 g/mol. The topological polar surface area (TPSA) is 73.1 Å². The second-order valence-electron chi connectivity index (χ2n) is 7.82. The second kappa shape index (κ2) is 6.95. The number of nitrogens with one attached hydrogen (secondary N) is 3. The summed E-state index contributed by atoms with van der Waals surface area (Å²) in [6.07, 6.45) is 8.44. The molecule has 3 heterocycles. The van der Waals surface area contributed by atoms with Crippen molar-refractivity contribution in [2.45, 2.75) is 19.8 Å². The first-order valence-electron chi connectivity index (χ1n) is 10.1. The van der Waals surface area contributed by atoms with E-state index in [0.717, 1.165) is 61.3 Å². The first-order chi connectivity index (χ1) is 13.7. The highest BCUT2D eigenvalue weighted by atomic mass is 16.2. The summed E-state index contributed by atoms with van der Waals surface area (Å²) in [6.45, 7) is 6.28. The molecule has 5 rings (SSSR count). The first kappa shape index (κ1) is 17.3. The molecule has 6 nitrogen and oxygen atoms in total. The fraction of sp³-hybridized carbons (Fsp3) is 0.364. The molecule has 28 heavy (non-hydrogen) atoms. The number of H-pyrrole nitrogens is 1. The SMILES string of the molecule is CC1C=C2NC(=O)C(c3nc4ccc(N5CCCNCC5)cc4[nH]3)=C2C=CC1. The molecule has 1 atom stereocenters. The van der Waals surface area contributed by atoms with E-state index >= 15 is 0 Å². The van der Waals surface area contributed by atoms with Crippen molar-refractivity contribution in [2.24, 2.45) is 5.92 Å². The number of carbonyl (C=O) groups excluding carboxylic acids is 1. The number of nitrogens with zero attached hydrogens (tertiary/aromatic N) is 2. The quantitative estimate of drug-likeness (QED) is 0.755. The predicted octanol–water partition coefficient (Wildman–Crippen LogP) is 2.73. The summed E-state index contributed by atoms with van der Waals surface area (Å²) < 4.78 is 0. The van der Waals surface area contributed by atoms with Gasteiger partial charge in [0.2, 0.25) is 0 Å². The van der Waals surface area contributed by atoms with Crippen molar-refractivity contribution in [1.82, 2.24) is 20.6 Å². The molecular formula is C22H25N5O. The van der Waals surface area contributed by atoms with Gasteiger partial charge in [-0.25, -0.2) is 4.98 Å². The van der Waals surface area contributed by atoms with Gasteiger partial charge in [-0.1, -0.05) is 25.2 Å². The van der Waals surface area contributed by atoms with Crippen LogP contribution in [0.5, 0.6) is 0 Å². The van der Waals surface area contributed by atoms with E-state index in [2.05, 4.69) is 51.7 Å². The normalized spacial score (nSPS) is 22.8. The third kappa shape index (κ3) is 3.03. The minimum absolute atomic E-state index is 0.0853. The number of anilines is 1. The van der Waals surface area contributed by atoms with E-state index in [1.807, 2.05) is 12.1 Å². The number of benzene rings is 1. The van der Waals surface area contributed by atoms with Crippen LogP contribution in [0.4, 0.5) is 5.69 Å². The number of imidazole rings is 1. The zero-order valence-electron chi connectivity index (χ0n) is 16.1. The van der Waals surface area contributed by atoms with Gasteiger partial charge in [0.1, 0.15) is 5.82 Å². The number of amides is 1. The van der Waals surface area contributed by atoms with Crippen LogP contribution in [0.2, 0.25) is 0 Å². The molecule has 1 aromatic heterocycles. The van der Waals surface area contributed by atoms with E-state index in [4.69, 9.17) is 4.98 Å². The number of allylic oxidation sites excluding steroid dienone is 3. The molecule has 1 saturated heterocycles. The highest BCUT2D eigenvalue weighted by molar-refractivity contribution is 6.24. The molecule has 2 aromatic rings. The Bertz CT molecular complexity index is 1020. The van der Waals surface area contributed by atoms with E-state index < -0.39 is 0 Å². The molecule has 0 spiro atoms. The molecule has 0 radical (unpaired) electrons. The highest BCUT2D eigenvalue weighted by Gasteiger charge is 2.30. The predicted molar refractivity (Wildman–Crippen MR) is 112 cm³/mol. The minimum atomic E-state index is -0.0853. The molecule has 0 saturated carbocycles. The number of aromatic nitrogens is 2. The molecule has 1 amide bonds. The Labute approximate surface area is 164 Å². The number of rotatable bonds is 2. The van der Waals surface area contributed by atoms with Gasteiger partial charge in [0.25, 0.3) is 5.91 Å². The maximum absolute atomic E-state index is 12.7. The number of carbonyl (C=O) groups is 1. The smallest absolute Gasteiger partial charge is 0.260 e. The van der Waals surface area contributed by atoms with Gasteiger partial charge in [-0.2, -0.15) is 0 Å². The standard InChI is InChI=1S/C22H25N5O/c1-14-4-2-5-16-18(12-14)26-22(28)20(16)21-24-17-7-6-15(13-19(17)25-21)27-10-3-8-23-9-11-27/h2,5-7,12-14,23H,3-4,8-11H2,1H3,(H,24,25)(H,26,28). The Morgan fingerprint density at radius 3 is 3.07 bits per heavy atom. The van der Waals surface area contributed by atoms with Gasteiger partial charge < -0.3 is 20.5 Å². The van der Waals surface area contributed by atoms with Crippen LogP contribution in [0.1, 0.15) is 25.6 Å². The Hall–Kier alpha value is -2.86. The van der Waals surface area contributed by atoms with Crippen LogP contribution >= 0.6 is 0 Å². The lowest BCUT2D eigenvalue weighted by molar-refractivity contribution is -0.114. The van der Waals surface area contributed by atoms with Crippen molar-refractivity contribution in [3.05, 3.63) is 53.5 Å². The van der Waals surface area contributed by atoms with Crippen molar-refractivity contribution >= 4 is 28.2 Å². The molecule has 0 bridgehead atoms. The van der Waals surface area contributed by atoms with Crippen LogP contribution in [0.15, 0.2) is 47.7 Å². The van der Waals surface area contributed by atoms with E-state index in [9.17, 15) is 4.79 Å². The molecule has 1 aliphatic carbocycles. The van der Waals surface area contributed by atoms with Crippen LogP contribution < -0.4 is 15.5 Å². The number of hydrogen-bond acceptors (Lipinski definition) is 4. The third-order valence-electron chi connectivity index (χ3n) is 5.69. The zero-order chi connectivity index (χ0) is 19.1. The lowest BCUT2D eigenvalue weighted by Crippen LogP contribution is -2.27. The van der Waals surface area contributed by atoms with Crippen molar-refractivity contribution < 1.29 is 4.79 Å². The first-order valence-corrected chi connectivity index (χ1v) is 10.1. The zero-order valence-corrected chi connectivity index (χ0v) is 16.1. The summed E-state index contributed by atoms with van der Waals surface area (Å²) in [5, 5.41) is 6.45. The summed E-state index contributed by atoms with van der Waals surface area (Å²) >= 11 is 0. The van der Waals surface area contributed by atoms with E-state index in [1.54, 1.807) is 0 Å². The summed E-state index contributed by atoms with van der Waals surface area (Å²) in [6, 6.07) is 6.32. The van der Waals surface area contributed by atoms with Crippen LogP contribution in [-0.4, -0.2) is 42.1 Å². The summed E-state index contributed by atoms with van der Waals surface area (Å²) in [4.78, 5) is 23.2. The van der Waals surface area contributed by atoms with Gasteiger partial charge in [-0.15, -0.1) is 0 Å². The van der Waals surface area contributed by atoms with Gasteiger partial charge >= 0.3 is 0 Å². The van der Waals surface area contributed by atoms with Crippen LogP contribution in [0.25, 0.3) is 16.6 Å². The lowest BCUT2D eigenvalue weighted by atomic mass is 10.1. The largest absolute Gasteiger partial charge is 0.370 e. The summed E-state index contributed by atoms with van der Waals surface area (Å²) in [5.41, 5.74) is 5.52. The summed E-state index contributed by atoms with van der Waals surface area (Å²) in [7, 11) is 0. The van der Waals surface area contributed by atoms with Crippen LogP contribution in [0.3, 0.4) is 0 Å². The number of fused-ring (bicyclic) bond motifs is 2. The van der Waals surface area contributed by atoms with Crippen LogP contribution in [0, 0.1) is 5.92 Å². The maximum Gasteiger partial charge on any atom is 0.260 e. The second-order valence-corrected chi connectivity index (χ2v) is 7.82. The van der Waals surface area contributed by atoms with Crippen molar-refractivity contribution in [3.63, 3.8) is 0 Å². The number of aromatic amines is 1. The lowest BCUT2D eigenvalue weighted by Gasteiger charge is -2.22. The van der Waals surface area contributed by atoms with Gasteiger partial charge in [-0.05, 0) is 43.5 Å². The van der Waals surface area contributed by atoms with Crippen molar-refractivity contribution in [2.75, 3.05) is 31.1 Å². The molecule has 144 valence electrons. The molecule has 2 aliphatic heterocycles. The maximum atomic E-state index is 12.7. The summed E-state index contributed by atoms with van der Waals surface area (Å²) in [5.74, 6) is 0.961. The molecule has 1 aromatic carbocycles. The third-order valence-corrected chi connectivity index (χ3v) is 5.69. The Kier molecular flexibility index (Phi) is 4.28. The average Bonchev–Trinajstić information content (AvgIpc) is 3.00. The number of hydrogen-bond donors (Lipinski definition) is 3. The molecular weight excluding hydrogens is 350 g/mol. The van der Waals surface area contributed by atoms with Crippen molar-refractivity contribution in [1.29, 1.82) is 0 Å². The van der Waals surface area contributed by atoms with Crippen molar-refractivity contribution in [3.8, 4) is 0 Å². The molecule has 3 N–H and O–H groups in total. The van der Waals surface area contributed by atoms with E-state index in [-0.39, 0.29) is 5.91 Å². The fourth-order valence-electron chi connectivity index (χ4n) is 4.22. The van der Waals surface area contributed by atoms with E-state index in [1.165, 1.54) is 5.69 Å². The van der Waals surface area contributed by atoms with Gasteiger partial charge in [0.05, 0.1) is 16.6 Å². The van der Waals surface area contributed by atoms with Gasteiger partial charge in [0, 0.05) is 36.6 Å². The van der Waals surface area contributed by atoms with Crippen LogP contribution in [-0.2, 0) is 4.79 Å². The van der Waals surface area contributed by atoms with Gasteiger partial charge in [-0.3, -0.25) is 4.79 Å². The molecule has 1 unspecified atom stereocenters. The average molecular weight is 375 g/mol. The Balaban J connectivity index is 1.55. The molecule has 6 heteroatoms. The van der Waals surface area contributed by atoms with Gasteiger partial charge in [0.15, 0.2) is 0 Å². The highest BCUT2D eigenvalue weighted by Crippen LogP contribution is 2.33.